The minimum Gasteiger partial charge on any atom is -0.325 e. The van der Waals surface area contributed by atoms with Crippen LogP contribution in [0.15, 0.2) is 78.0 Å². The smallest absolute Gasteiger partial charge is 0.266 e. The highest BCUT2D eigenvalue weighted by atomic mass is 32.2. The van der Waals surface area contributed by atoms with Crippen molar-refractivity contribution in [2.45, 2.75) is 25.5 Å². The maximum absolute atomic E-state index is 12.8. The van der Waals surface area contributed by atoms with Crippen LogP contribution < -0.4 is 10.2 Å². The van der Waals surface area contributed by atoms with E-state index >= 15 is 0 Å². The summed E-state index contributed by atoms with van der Waals surface area (Å²) in [5.74, 6) is -0.274. The topological polar surface area (TPSA) is 114 Å². The molecule has 3 amide bonds. The van der Waals surface area contributed by atoms with Gasteiger partial charge in [-0.05, 0) is 62.4 Å². The Labute approximate surface area is 222 Å². The zero-order chi connectivity index (χ0) is 26.8. The minimum atomic E-state index is -0.347. The molecule has 0 radical (unpaired) electrons. The highest BCUT2D eigenvalue weighted by Crippen LogP contribution is 2.31. The van der Waals surface area contributed by atoms with E-state index in [1.807, 2.05) is 11.5 Å². The van der Waals surface area contributed by atoms with Crippen LogP contribution in [0, 0.1) is 0 Å². The largest absolute Gasteiger partial charge is 0.325 e. The molecule has 5 rings (SSSR count). The van der Waals surface area contributed by atoms with E-state index in [0.717, 1.165) is 5.56 Å². The van der Waals surface area contributed by atoms with E-state index in [-0.39, 0.29) is 29.3 Å². The quantitative estimate of drug-likeness (QED) is 0.201. The fraction of sp³-hybridized carbons (Fsp3) is 0.143. The lowest BCUT2D eigenvalue weighted by atomic mass is 10.1. The summed E-state index contributed by atoms with van der Waals surface area (Å²) in [6.45, 7) is 4.01. The number of nitrogens with one attached hydrogen (secondary N) is 1. The molecule has 1 aliphatic rings. The summed E-state index contributed by atoms with van der Waals surface area (Å²) in [4.78, 5) is 50.8. The van der Waals surface area contributed by atoms with Gasteiger partial charge in [0.2, 0.25) is 5.91 Å². The highest BCUT2D eigenvalue weighted by Gasteiger charge is 2.36. The predicted molar refractivity (Wildman–Crippen MR) is 145 cm³/mol. The molecule has 1 aliphatic heterocycles. The van der Waals surface area contributed by atoms with Crippen LogP contribution in [0.5, 0.6) is 0 Å². The molecule has 0 unspecified atom stereocenters. The van der Waals surface area contributed by atoms with E-state index < -0.39 is 0 Å². The van der Waals surface area contributed by atoms with Crippen molar-refractivity contribution in [1.82, 2.24) is 14.8 Å². The van der Waals surface area contributed by atoms with Crippen LogP contribution in [-0.4, -0.2) is 44.0 Å². The van der Waals surface area contributed by atoms with Crippen LogP contribution in [0.1, 0.15) is 44.9 Å². The van der Waals surface area contributed by atoms with Crippen LogP contribution in [-0.2, 0) is 11.3 Å². The lowest BCUT2D eigenvalue weighted by Crippen LogP contribution is -2.29. The summed E-state index contributed by atoms with van der Waals surface area (Å²) in [6.07, 6.45) is 0. The summed E-state index contributed by atoms with van der Waals surface area (Å²) in [5, 5.41) is 12.0. The molecule has 0 aliphatic carbocycles. The second kappa shape index (κ2) is 10.4. The SMILES string of the molecule is CCn1c(SCC(=O)Nc2cccc(C(C)=O)c2)nnc1-c1ccc(N2C(=O)c3ccccc3C2=O)cc1. The molecule has 0 saturated carbocycles. The van der Waals surface area contributed by atoms with E-state index in [9.17, 15) is 19.2 Å². The van der Waals surface area contributed by atoms with Crippen LogP contribution in [0.4, 0.5) is 11.4 Å². The number of hydrogen-bond acceptors (Lipinski definition) is 7. The molecule has 10 heteroatoms. The van der Waals surface area contributed by atoms with Gasteiger partial charge in [0.05, 0.1) is 22.6 Å². The third kappa shape index (κ3) is 4.73. The molecule has 3 aromatic carbocycles. The molecule has 0 bridgehead atoms. The third-order valence-corrected chi connectivity index (χ3v) is 7.06. The number of Topliss-reactive ketones (excluding diaryl/α,β-unsaturated/α-hetero) is 1. The van der Waals surface area contributed by atoms with Gasteiger partial charge in [0, 0.05) is 23.4 Å². The van der Waals surface area contributed by atoms with Gasteiger partial charge in [0.15, 0.2) is 16.8 Å². The number of fused-ring (bicyclic) bond motifs is 1. The van der Waals surface area contributed by atoms with Gasteiger partial charge in [-0.1, -0.05) is 36.0 Å². The zero-order valence-electron chi connectivity index (χ0n) is 20.7. The first-order valence-electron chi connectivity index (χ1n) is 11.9. The van der Waals surface area contributed by atoms with Gasteiger partial charge in [-0.3, -0.25) is 19.2 Å². The Morgan fingerprint density at radius 2 is 1.58 bits per heavy atom. The third-order valence-electron chi connectivity index (χ3n) is 6.10. The van der Waals surface area contributed by atoms with Gasteiger partial charge in [-0.2, -0.15) is 0 Å². The Hall–Kier alpha value is -4.57. The Bertz CT molecular complexity index is 1540. The van der Waals surface area contributed by atoms with E-state index in [2.05, 4.69) is 15.5 Å². The van der Waals surface area contributed by atoms with Crippen molar-refractivity contribution in [2.24, 2.45) is 0 Å². The monoisotopic (exact) mass is 525 g/mol. The van der Waals surface area contributed by atoms with Gasteiger partial charge in [-0.15, -0.1) is 10.2 Å². The summed E-state index contributed by atoms with van der Waals surface area (Å²) in [5.41, 5.74) is 3.10. The highest BCUT2D eigenvalue weighted by molar-refractivity contribution is 7.99. The number of thioether (sulfide) groups is 1. The van der Waals surface area contributed by atoms with E-state index in [1.54, 1.807) is 72.8 Å². The fourth-order valence-electron chi connectivity index (χ4n) is 4.22. The summed E-state index contributed by atoms with van der Waals surface area (Å²) in [7, 11) is 0. The number of carbonyl (C=O) groups is 4. The maximum Gasteiger partial charge on any atom is 0.266 e. The first-order valence-corrected chi connectivity index (χ1v) is 12.9. The number of rotatable bonds is 8. The summed E-state index contributed by atoms with van der Waals surface area (Å²) in [6, 6.07) is 20.6. The lowest BCUT2D eigenvalue weighted by molar-refractivity contribution is -0.113. The first-order chi connectivity index (χ1) is 18.4. The number of aromatic nitrogens is 3. The molecule has 2 heterocycles. The van der Waals surface area contributed by atoms with Crippen molar-refractivity contribution in [3.05, 3.63) is 89.5 Å². The molecule has 0 spiro atoms. The Kier molecular flexibility index (Phi) is 6.89. The van der Waals surface area contributed by atoms with E-state index in [4.69, 9.17) is 0 Å². The van der Waals surface area contributed by atoms with Crippen molar-refractivity contribution >= 4 is 46.6 Å². The standard InChI is InChI=1S/C28H23N5O4S/c1-3-32-25(30-31-28(32)38-16-24(35)29-20-8-6-7-19(15-20)17(2)34)18-11-13-21(14-12-18)33-26(36)22-9-4-5-10-23(22)27(33)37/h4-15H,3,16H2,1-2H3,(H,29,35). The normalized spacial score (nSPS) is 12.5. The lowest BCUT2D eigenvalue weighted by Gasteiger charge is -2.14. The maximum atomic E-state index is 12.8. The van der Waals surface area contributed by atoms with Gasteiger partial charge < -0.3 is 9.88 Å². The number of carbonyl (C=O) groups excluding carboxylic acids is 4. The second-order valence-corrected chi connectivity index (χ2v) is 9.50. The van der Waals surface area contributed by atoms with Crippen molar-refractivity contribution in [3.63, 3.8) is 0 Å². The van der Waals surface area contributed by atoms with Gasteiger partial charge >= 0.3 is 0 Å². The minimum absolute atomic E-state index is 0.0733. The van der Waals surface area contributed by atoms with Gasteiger partial charge in [-0.25, -0.2) is 4.90 Å². The summed E-state index contributed by atoms with van der Waals surface area (Å²) >= 11 is 1.25. The van der Waals surface area contributed by atoms with Gasteiger partial charge in [0.25, 0.3) is 11.8 Å². The molecule has 1 aromatic heterocycles. The van der Waals surface area contributed by atoms with E-state index in [1.165, 1.54) is 23.6 Å². The van der Waals surface area contributed by atoms with E-state index in [0.29, 0.717) is 45.6 Å². The molecule has 4 aromatic rings. The molecule has 0 atom stereocenters. The van der Waals surface area contributed by atoms with Crippen LogP contribution in [0.25, 0.3) is 11.4 Å². The van der Waals surface area contributed by atoms with Crippen molar-refractivity contribution in [3.8, 4) is 11.4 Å². The number of ketones is 1. The Morgan fingerprint density at radius 1 is 0.895 bits per heavy atom. The fourth-order valence-corrected chi connectivity index (χ4v) is 5.02. The zero-order valence-corrected chi connectivity index (χ0v) is 21.5. The second-order valence-electron chi connectivity index (χ2n) is 8.56. The van der Waals surface area contributed by atoms with Crippen LogP contribution in [0.3, 0.4) is 0 Å². The number of benzene rings is 3. The van der Waals surface area contributed by atoms with Crippen molar-refractivity contribution < 1.29 is 19.2 Å². The number of hydrogen-bond donors (Lipinski definition) is 1. The molecular formula is C28H23N5O4S. The Balaban J connectivity index is 1.28. The van der Waals surface area contributed by atoms with Crippen LogP contribution in [0.2, 0.25) is 0 Å². The molecule has 0 fully saturated rings. The molecule has 38 heavy (non-hydrogen) atoms. The number of anilines is 2. The summed E-state index contributed by atoms with van der Waals surface area (Å²) < 4.78 is 1.89. The molecule has 1 N–H and O–H groups in total. The van der Waals surface area contributed by atoms with Crippen LogP contribution >= 0.6 is 11.8 Å². The predicted octanol–water partition coefficient (Wildman–Crippen LogP) is 4.70. The Morgan fingerprint density at radius 3 is 2.21 bits per heavy atom. The number of nitrogens with zero attached hydrogens (tertiary/aromatic N) is 4. The molecule has 0 saturated heterocycles. The van der Waals surface area contributed by atoms with Crippen molar-refractivity contribution in [2.75, 3.05) is 16.0 Å². The molecule has 190 valence electrons. The number of amides is 3. The first kappa shape index (κ1) is 25.1. The van der Waals surface area contributed by atoms with Gasteiger partial charge in [0.1, 0.15) is 0 Å². The molecule has 9 nitrogen and oxygen atoms in total. The average Bonchev–Trinajstić information content (AvgIpc) is 3.46. The molecular weight excluding hydrogens is 502 g/mol. The average molecular weight is 526 g/mol. The number of imide groups is 1. The van der Waals surface area contributed by atoms with Crippen molar-refractivity contribution in [1.29, 1.82) is 0 Å².